The second-order valence-electron chi connectivity index (χ2n) is 16.8. The molecule has 0 saturated heterocycles. The van der Waals surface area contributed by atoms with E-state index in [4.69, 9.17) is 15.0 Å². The molecular weight excluding hydrogens is 803 g/mol. The lowest BCUT2D eigenvalue weighted by Gasteiger charge is -2.17. The van der Waals surface area contributed by atoms with Gasteiger partial charge in [0.25, 0.3) is 0 Å². The maximum atomic E-state index is 5.34. The highest BCUT2D eigenvalue weighted by Gasteiger charge is 2.21. The van der Waals surface area contributed by atoms with Gasteiger partial charge in [-0.2, -0.15) is 9.97 Å². The van der Waals surface area contributed by atoms with Crippen molar-refractivity contribution in [2.75, 3.05) is 0 Å². The van der Waals surface area contributed by atoms with Gasteiger partial charge in [0.2, 0.25) is 5.95 Å². The van der Waals surface area contributed by atoms with Gasteiger partial charge in [0.05, 0.1) is 27.8 Å². The number of aromatic nitrogens is 5. The first-order valence-corrected chi connectivity index (χ1v) is 22.4. The van der Waals surface area contributed by atoms with Gasteiger partial charge >= 0.3 is 0 Å². The predicted molar refractivity (Wildman–Crippen MR) is 273 cm³/mol. The highest BCUT2D eigenvalue weighted by Crippen LogP contribution is 2.41. The van der Waals surface area contributed by atoms with Gasteiger partial charge in [0.1, 0.15) is 0 Å². The smallest absolute Gasteiger partial charge is 0.238 e. The minimum Gasteiger partial charge on any atom is -0.309 e. The minimum atomic E-state index is 0.569. The SMILES string of the molecule is c1ccc(-c2ccc(-n3c4ccccc4c4ccccc43)c(-c3ccc4cc(-c5nc(-c6ccccc6)nc(-n6c7ccccc7c7cccc(-c8ccccc8)c76)n5)ccc4c3)c2)cc1. The van der Waals surface area contributed by atoms with Crippen molar-refractivity contribution in [3.05, 3.63) is 237 Å². The molecule has 0 N–H and O–H groups in total. The van der Waals surface area contributed by atoms with E-state index in [-0.39, 0.29) is 0 Å². The van der Waals surface area contributed by atoms with Crippen LogP contribution in [-0.4, -0.2) is 24.1 Å². The molecule has 0 bridgehead atoms. The zero-order chi connectivity index (χ0) is 43.6. The molecule has 0 unspecified atom stereocenters. The van der Waals surface area contributed by atoms with Crippen molar-refractivity contribution < 1.29 is 0 Å². The minimum absolute atomic E-state index is 0.569. The first-order valence-electron chi connectivity index (χ1n) is 22.4. The summed E-state index contributed by atoms with van der Waals surface area (Å²) in [6, 6.07) is 84.1. The molecule has 5 nitrogen and oxygen atoms in total. The summed E-state index contributed by atoms with van der Waals surface area (Å²) >= 11 is 0. The third kappa shape index (κ3) is 6.21. The average Bonchev–Trinajstić information content (AvgIpc) is 3.92. The third-order valence-electron chi connectivity index (χ3n) is 13.0. The molecule has 10 aromatic carbocycles. The average molecular weight is 842 g/mol. The number of hydrogen-bond donors (Lipinski definition) is 0. The fourth-order valence-electron chi connectivity index (χ4n) is 9.89. The van der Waals surface area contributed by atoms with Crippen molar-refractivity contribution in [1.82, 2.24) is 24.1 Å². The van der Waals surface area contributed by atoms with Crippen LogP contribution < -0.4 is 0 Å². The quantitative estimate of drug-likeness (QED) is 0.161. The van der Waals surface area contributed by atoms with Gasteiger partial charge in [0, 0.05) is 43.8 Å². The summed E-state index contributed by atoms with van der Waals surface area (Å²) in [6.07, 6.45) is 0. The van der Waals surface area contributed by atoms with Crippen molar-refractivity contribution in [3.63, 3.8) is 0 Å². The van der Waals surface area contributed by atoms with E-state index in [1.165, 1.54) is 32.9 Å². The molecule has 0 atom stereocenters. The van der Waals surface area contributed by atoms with Crippen LogP contribution in [0.4, 0.5) is 0 Å². The Morgan fingerprint density at radius 3 is 1.41 bits per heavy atom. The van der Waals surface area contributed by atoms with Crippen molar-refractivity contribution in [1.29, 1.82) is 0 Å². The Hall–Kier alpha value is -8.93. The molecule has 13 rings (SSSR count). The Labute approximate surface area is 381 Å². The lowest BCUT2D eigenvalue weighted by molar-refractivity contribution is 0.954. The summed E-state index contributed by atoms with van der Waals surface area (Å²) in [7, 11) is 0. The second kappa shape index (κ2) is 15.4. The summed E-state index contributed by atoms with van der Waals surface area (Å²) in [5.41, 5.74) is 14.3. The molecule has 3 aromatic heterocycles. The van der Waals surface area contributed by atoms with Crippen LogP contribution in [0.15, 0.2) is 237 Å². The molecule has 66 heavy (non-hydrogen) atoms. The standard InChI is InChI=1S/C61H39N5/c1-4-17-40(18-5-1)45-35-36-57(65-54-28-13-10-23-49(54)50-24-11-14-29-55(50)65)53(39-45)46-33-31-44-38-47(34-32-43(44)37-46)60-62-59(42-21-8-3-9-22-42)63-61(64-60)66-56-30-15-12-25-51(56)52-27-16-26-48(58(52)66)41-19-6-2-7-20-41/h1-39H. The maximum absolute atomic E-state index is 5.34. The van der Waals surface area contributed by atoms with E-state index in [0.717, 1.165) is 71.6 Å². The highest BCUT2D eigenvalue weighted by molar-refractivity contribution is 6.14. The van der Waals surface area contributed by atoms with Crippen LogP contribution in [0, 0.1) is 0 Å². The maximum Gasteiger partial charge on any atom is 0.238 e. The summed E-state index contributed by atoms with van der Waals surface area (Å²) in [5, 5.41) is 6.99. The summed E-state index contributed by atoms with van der Waals surface area (Å²) < 4.78 is 4.64. The molecule has 0 amide bonds. The number of rotatable bonds is 7. The number of nitrogens with zero attached hydrogens (tertiary/aromatic N) is 5. The van der Waals surface area contributed by atoms with Gasteiger partial charge < -0.3 is 4.57 Å². The van der Waals surface area contributed by atoms with E-state index in [9.17, 15) is 0 Å². The lowest BCUT2D eigenvalue weighted by Crippen LogP contribution is -2.07. The topological polar surface area (TPSA) is 48.5 Å². The molecular formula is C61H39N5. The Bertz CT molecular complexity index is 3930. The zero-order valence-corrected chi connectivity index (χ0v) is 35.8. The molecule has 0 aliphatic rings. The second-order valence-corrected chi connectivity index (χ2v) is 16.8. The van der Waals surface area contributed by atoms with Crippen molar-refractivity contribution in [2.24, 2.45) is 0 Å². The molecule has 3 heterocycles. The molecule has 0 spiro atoms. The van der Waals surface area contributed by atoms with Crippen LogP contribution in [0.5, 0.6) is 0 Å². The Morgan fingerprint density at radius 2 is 0.758 bits per heavy atom. The van der Waals surface area contributed by atoms with Gasteiger partial charge in [0.15, 0.2) is 11.6 Å². The normalized spacial score (nSPS) is 11.6. The first-order chi connectivity index (χ1) is 32.7. The Kier molecular flexibility index (Phi) is 8.78. The van der Waals surface area contributed by atoms with Gasteiger partial charge in [-0.25, -0.2) is 4.98 Å². The molecule has 0 aliphatic heterocycles. The van der Waals surface area contributed by atoms with Crippen LogP contribution in [0.2, 0.25) is 0 Å². The molecule has 0 saturated carbocycles. The number of hydrogen-bond acceptors (Lipinski definition) is 3. The van der Waals surface area contributed by atoms with Gasteiger partial charge in [-0.15, -0.1) is 0 Å². The van der Waals surface area contributed by atoms with Gasteiger partial charge in [-0.05, 0) is 75.5 Å². The van der Waals surface area contributed by atoms with Crippen molar-refractivity contribution >= 4 is 54.4 Å². The van der Waals surface area contributed by atoms with E-state index in [1.54, 1.807) is 0 Å². The molecule has 0 radical (unpaired) electrons. The van der Waals surface area contributed by atoms with E-state index < -0.39 is 0 Å². The van der Waals surface area contributed by atoms with Crippen LogP contribution in [0.3, 0.4) is 0 Å². The number of para-hydroxylation sites is 4. The molecule has 308 valence electrons. The summed E-state index contributed by atoms with van der Waals surface area (Å²) in [6.45, 7) is 0. The molecule has 13 aromatic rings. The largest absolute Gasteiger partial charge is 0.309 e. The predicted octanol–water partition coefficient (Wildman–Crippen LogP) is 15.6. The summed E-state index contributed by atoms with van der Waals surface area (Å²) in [4.78, 5) is 15.8. The fourth-order valence-corrected chi connectivity index (χ4v) is 9.89. The van der Waals surface area contributed by atoms with E-state index >= 15 is 0 Å². The van der Waals surface area contributed by atoms with Gasteiger partial charge in [-0.3, -0.25) is 4.57 Å². The van der Waals surface area contributed by atoms with E-state index in [0.29, 0.717) is 17.6 Å². The molecule has 0 fully saturated rings. The Balaban J connectivity index is 0.987. The fraction of sp³-hybridized carbons (Fsp3) is 0. The monoisotopic (exact) mass is 841 g/mol. The van der Waals surface area contributed by atoms with Crippen molar-refractivity contribution in [2.45, 2.75) is 0 Å². The highest BCUT2D eigenvalue weighted by atomic mass is 15.2. The van der Waals surface area contributed by atoms with E-state index in [2.05, 4.69) is 228 Å². The Morgan fingerprint density at radius 1 is 0.273 bits per heavy atom. The van der Waals surface area contributed by atoms with Gasteiger partial charge in [-0.1, -0.05) is 194 Å². The number of benzene rings is 10. The van der Waals surface area contributed by atoms with Crippen LogP contribution in [-0.2, 0) is 0 Å². The van der Waals surface area contributed by atoms with Crippen molar-refractivity contribution in [3.8, 4) is 67.8 Å². The lowest BCUT2D eigenvalue weighted by atomic mass is 9.95. The zero-order valence-electron chi connectivity index (χ0n) is 35.8. The molecule has 0 aliphatic carbocycles. The third-order valence-corrected chi connectivity index (χ3v) is 13.0. The van der Waals surface area contributed by atoms with Crippen LogP contribution >= 0.6 is 0 Å². The first kappa shape index (κ1) is 37.6. The van der Waals surface area contributed by atoms with Crippen LogP contribution in [0.25, 0.3) is 122 Å². The number of fused-ring (bicyclic) bond motifs is 7. The summed E-state index contributed by atoms with van der Waals surface area (Å²) in [5.74, 6) is 1.79. The van der Waals surface area contributed by atoms with E-state index in [1.807, 2.05) is 18.2 Å². The molecule has 5 heteroatoms. The van der Waals surface area contributed by atoms with Crippen LogP contribution in [0.1, 0.15) is 0 Å².